The molecular weight excluding hydrogens is 394 g/mol. The third-order valence-corrected chi connectivity index (χ3v) is 8.44. The lowest BCUT2D eigenvalue weighted by molar-refractivity contribution is 0.102. The first kappa shape index (κ1) is 19.5. The van der Waals surface area contributed by atoms with Gasteiger partial charge in [0.1, 0.15) is 0 Å². The van der Waals surface area contributed by atoms with E-state index in [2.05, 4.69) is 10.3 Å². The minimum Gasteiger partial charge on any atom is -0.298 e. The van der Waals surface area contributed by atoms with Gasteiger partial charge in [-0.15, -0.1) is 11.3 Å². The van der Waals surface area contributed by atoms with Gasteiger partial charge in [0.05, 0.1) is 10.6 Å². The third-order valence-electron chi connectivity index (χ3n) is 5.47. The fourth-order valence-corrected chi connectivity index (χ4v) is 6.42. The lowest BCUT2D eigenvalue weighted by atomic mass is 10.0. The summed E-state index contributed by atoms with van der Waals surface area (Å²) in [4.78, 5) is 18.8. The van der Waals surface area contributed by atoms with Crippen LogP contribution in [0.25, 0.3) is 0 Å². The average Bonchev–Trinajstić information content (AvgIpc) is 3.11. The Balaban J connectivity index is 1.58. The van der Waals surface area contributed by atoms with Crippen LogP contribution in [0.3, 0.4) is 0 Å². The van der Waals surface area contributed by atoms with Crippen LogP contribution < -0.4 is 5.32 Å². The van der Waals surface area contributed by atoms with E-state index in [1.807, 2.05) is 6.92 Å². The molecule has 8 heteroatoms. The summed E-state index contributed by atoms with van der Waals surface area (Å²) in [5, 5.41) is 3.47. The standard InChI is InChI=1S/C20H25N3O3S2/c1-14-9-10-15(28(25,26)23-11-5-2-6-12-23)13-16(14)19(24)22-20-21-17-7-3-4-8-18(17)27-20/h9-10,13H,2-8,11-12H2,1H3,(H,21,22,24). The first-order chi connectivity index (χ1) is 13.4. The number of benzene rings is 1. The summed E-state index contributed by atoms with van der Waals surface area (Å²) in [6.45, 7) is 2.91. The number of piperidine rings is 1. The Morgan fingerprint density at radius 1 is 1.11 bits per heavy atom. The van der Waals surface area contributed by atoms with E-state index in [9.17, 15) is 13.2 Å². The van der Waals surface area contributed by atoms with Crippen LogP contribution in [0, 0.1) is 6.92 Å². The van der Waals surface area contributed by atoms with Gasteiger partial charge < -0.3 is 0 Å². The summed E-state index contributed by atoms with van der Waals surface area (Å²) in [7, 11) is -3.57. The van der Waals surface area contributed by atoms with Crippen molar-refractivity contribution < 1.29 is 13.2 Å². The molecule has 2 aliphatic rings. The van der Waals surface area contributed by atoms with E-state index in [1.54, 1.807) is 12.1 Å². The monoisotopic (exact) mass is 419 g/mol. The van der Waals surface area contributed by atoms with Crippen LogP contribution in [0.1, 0.15) is 58.6 Å². The predicted molar refractivity (Wildman–Crippen MR) is 110 cm³/mol. The lowest BCUT2D eigenvalue weighted by Crippen LogP contribution is -2.35. The number of carbonyl (C=O) groups excluding carboxylic acids is 1. The van der Waals surface area contributed by atoms with Crippen molar-refractivity contribution in [2.75, 3.05) is 18.4 Å². The molecule has 0 atom stereocenters. The molecule has 150 valence electrons. The predicted octanol–water partition coefficient (Wildman–Crippen LogP) is 3.76. The van der Waals surface area contributed by atoms with Crippen LogP contribution in [0.2, 0.25) is 0 Å². The van der Waals surface area contributed by atoms with Crippen molar-refractivity contribution in [1.82, 2.24) is 9.29 Å². The second-order valence-corrected chi connectivity index (χ2v) is 10.5. The molecule has 0 unspecified atom stereocenters. The number of sulfonamides is 1. The topological polar surface area (TPSA) is 79.4 Å². The fourth-order valence-electron chi connectivity index (χ4n) is 3.83. The molecule has 28 heavy (non-hydrogen) atoms. The summed E-state index contributed by atoms with van der Waals surface area (Å²) in [6, 6.07) is 4.80. The molecular formula is C20H25N3O3S2. The number of anilines is 1. The first-order valence-corrected chi connectivity index (χ1v) is 12.1. The van der Waals surface area contributed by atoms with Crippen molar-refractivity contribution in [1.29, 1.82) is 0 Å². The molecule has 4 rings (SSSR count). The van der Waals surface area contributed by atoms with Gasteiger partial charge >= 0.3 is 0 Å². The summed E-state index contributed by atoms with van der Waals surface area (Å²) < 4.78 is 27.4. The Morgan fingerprint density at radius 2 is 1.86 bits per heavy atom. The van der Waals surface area contributed by atoms with Crippen molar-refractivity contribution >= 4 is 32.4 Å². The molecule has 1 aliphatic heterocycles. The largest absolute Gasteiger partial charge is 0.298 e. The van der Waals surface area contributed by atoms with Gasteiger partial charge in [0, 0.05) is 23.5 Å². The first-order valence-electron chi connectivity index (χ1n) is 9.86. The van der Waals surface area contributed by atoms with E-state index in [0.29, 0.717) is 23.8 Å². The fraction of sp³-hybridized carbons (Fsp3) is 0.500. The number of fused-ring (bicyclic) bond motifs is 1. The lowest BCUT2D eigenvalue weighted by Gasteiger charge is -2.26. The van der Waals surface area contributed by atoms with E-state index >= 15 is 0 Å². The number of aryl methyl sites for hydroxylation is 3. The third kappa shape index (κ3) is 3.86. The molecule has 0 bridgehead atoms. The molecule has 1 aromatic carbocycles. The van der Waals surface area contributed by atoms with Crippen LogP contribution in [0.15, 0.2) is 23.1 Å². The maximum absolute atomic E-state index is 12.9. The Kier molecular flexibility index (Phi) is 5.53. The van der Waals surface area contributed by atoms with Crippen LogP contribution in [0.5, 0.6) is 0 Å². The molecule has 1 amide bonds. The minimum absolute atomic E-state index is 0.184. The maximum Gasteiger partial charge on any atom is 0.257 e. The summed E-state index contributed by atoms with van der Waals surface area (Å²) >= 11 is 1.53. The highest BCUT2D eigenvalue weighted by Gasteiger charge is 2.27. The van der Waals surface area contributed by atoms with Gasteiger partial charge in [-0.3, -0.25) is 10.1 Å². The molecule has 0 saturated carbocycles. The number of hydrogen-bond acceptors (Lipinski definition) is 5. The average molecular weight is 420 g/mol. The van der Waals surface area contributed by atoms with Crippen molar-refractivity contribution in [3.8, 4) is 0 Å². The van der Waals surface area contributed by atoms with Crippen molar-refractivity contribution in [2.45, 2.75) is 56.8 Å². The molecule has 1 aliphatic carbocycles. The van der Waals surface area contributed by atoms with Crippen LogP contribution in [-0.2, 0) is 22.9 Å². The van der Waals surface area contributed by atoms with E-state index in [1.165, 1.54) is 26.6 Å². The number of carbonyl (C=O) groups is 1. The molecule has 1 aromatic heterocycles. The maximum atomic E-state index is 12.9. The van der Waals surface area contributed by atoms with Gasteiger partial charge in [0.2, 0.25) is 10.0 Å². The van der Waals surface area contributed by atoms with E-state index < -0.39 is 10.0 Å². The normalized spacial score (nSPS) is 17.9. The van der Waals surface area contributed by atoms with E-state index in [-0.39, 0.29) is 10.8 Å². The van der Waals surface area contributed by atoms with E-state index in [4.69, 9.17) is 0 Å². The number of rotatable bonds is 4. The molecule has 0 radical (unpaired) electrons. The molecule has 6 nitrogen and oxygen atoms in total. The number of hydrogen-bond donors (Lipinski definition) is 1. The van der Waals surface area contributed by atoms with Gasteiger partial charge in [0.15, 0.2) is 5.13 Å². The summed E-state index contributed by atoms with van der Waals surface area (Å²) in [5.74, 6) is -0.306. The van der Waals surface area contributed by atoms with Crippen molar-refractivity contribution in [2.24, 2.45) is 0 Å². The van der Waals surface area contributed by atoms with Crippen LogP contribution in [0.4, 0.5) is 5.13 Å². The minimum atomic E-state index is -3.57. The second kappa shape index (κ2) is 7.93. The Bertz CT molecular complexity index is 969. The van der Waals surface area contributed by atoms with Gasteiger partial charge in [-0.1, -0.05) is 12.5 Å². The molecule has 0 spiro atoms. The zero-order chi connectivity index (χ0) is 19.7. The molecule has 1 saturated heterocycles. The van der Waals surface area contributed by atoms with Gasteiger partial charge in [-0.05, 0) is 63.1 Å². The molecule has 1 N–H and O–H groups in total. The smallest absolute Gasteiger partial charge is 0.257 e. The number of thiazole rings is 1. The van der Waals surface area contributed by atoms with Gasteiger partial charge in [-0.25, -0.2) is 13.4 Å². The Morgan fingerprint density at radius 3 is 2.61 bits per heavy atom. The number of amides is 1. The van der Waals surface area contributed by atoms with Crippen molar-refractivity contribution in [3.63, 3.8) is 0 Å². The van der Waals surface area contributed by atoms with E-state index in [0.717, 1.165) is 56.2 Å². The summed E-state index contributed by atoms with van der Waals surface area (Å²) in [5.41, 5.74) is 2.22. The highest BCUT2D eigenvalue weighted by atomic mass is 32.2. The number of nitrogens with one attached hydrogen (secondary N) is 1. The second-order valence-electron chi connectivity index (χ2n) is 7.49. The number of aromatic nitrogens is 1. The van der Waals surface area contributed by atoms with Crippen LogP contribution in [-0.4, -0.2) is 36.7 Å². The molecule has 1 fully saturated rings. The van der Waals surface area contributed by atoms with Gasteiger partial charge in [0.25, 0.3) is 5.91 Å². The highest BCUT2D eigenvalue weighted by Crippen LogP contribution is 2.30. The Hall–Kier alpha value is -1.77. The Labute approximate surface area is 170 Å². The SMILES string of the molecule is Cc1ccc(S(=O)(=O)N2CCCCC2)cc1C(=O)Nc1nc2c(s1)CCCC2. The van der Waals surface area contributed by atoms with Crippen LogP contribution >= 0.6 is 11.3 Å². The zero-order valence-corrected chi connectivity index (χ0v) is 17.7. The number of nitrogens with zero attached hydrogens (tertiary/aromatic N) is 2. The molecule has 2 aromatic rings. The van der Waals surface area contributed by atoms with Gasteiger partial charge in [-0.2, -0.15) is 4.31 Å². The highest BCUT2D eigenvalue weighted by molar-refractivity contribution is 7.89. The zero-order valence-electron chi connectivity index (χ0n) is 16.0. The summed E-state index contributed by atoms with van der Waals surface area (Å²) in [6.07, 6.45) is 7.11. The molecule has 2 heterocycles. The quantitative estimate of drug-likeness (QED) is 0.818. The van der Waals surface area contributed by atoms with Crippen molar-refractivity contribution in [3.05, 3.63) is 39.9 Å².